The molecule has 0 fully saturated rings. The van der Waals surface area contributed by atoms with Gasteiger partial charge in [-0.1, -0.05) is 162 Å². The maximum Gasteiger partial charge on any atom is 0.297 e. The third-order valence-corrected chi connectivity index (χ3v) is 18.6. The number of hydrogen-bond donors (Lipinski definition) is 0. The molecule has 0 spiro atoms. The lowest BCUT2D eigenvalue weighted by molar-refractivity contribution is 0.589. The molecular formula is C72H65BN4OS. The SMILES string of the molecule is CC(C)(C)c1cc2c3c(c1)-n1c4ccc(C(C)(C)C)cc4c4cc(C(C)(C)C)cc(c41)N3c1cc(N(c3ccccc3)c3ccccc3)cc3c1B2c1oc2ccc(C(C)(C)C)cc2c1N3c1cccc2sc3ccccc3c12. The van der Waals surface area contributed by atoms with Crippen molar-refractivity contribution in [3.63, 3.8) is 0 Å². The number of aromatic nitrogens is 1. The van der Waals surface area contributed by atoms with E-state index in [1.807, 2.05) is 11.3 Å². The summed E-state index contributed by atoms with van der Waals surface area (Å²) in [5.74, 6) is 0. The summed E-state index contributed by atoms with van der Waals surface area (Å²) >= 11 is 1.87. The van der Waals surface area contributed by atoms with E-state index in [2.05, 4.69) is 278 Å². The Morgan fingerprint density at radius 2 is 0.975 bits per heavy atom. The molecule has 0 saturated carbocycles. The Labute approximate surface area is 468 Å². The molecule has 0 aliphatic carbocycles. The molecule has 7 heteroatoms. The Balaban J connectivity index is 1.17. The van der Waals surface area contributed by atoms with Crippen molar-refractivity contribution in [1.29, 1.82) is 0 Å². The lowest BCUT2D eigenvalue weighted by Gasteiger charge is -2.46. The van der Waals surface area contributed by atoms with Crippen molar-refractivity contribution in [3.8, 4) is 5.69 Å². The highest BCUT2D eigenvalue weighted by Crippen LogP contribution is 2.57. The lowest BCUT2D eigenvalue weighted by Crippen LogP contribution is -2.61. The molecule has 388 valence electrons. The molecule has 0 N–H and O–H groups in total. The summed E-state index contributed by atoms with van der Waals surface area (Å²) in [5.41, 5.74) is 23.0. The Morgan fingerprint density at radius 3 is 1.63 bits per heavy atom. The van der Waals surface area contributed by atoms with Crippen LogP contribution in [0.2, 0.25) is 0 Å². The normalized spacial score (nSPS) is 14.0. The molecule has 0 atom stereocenters. The van der Waals surface area contributed by atoms with Crippen molar-refractivity contribution in [2.45, 2.75) is 105 Å². The highest BCUT2D eigenvalue weighted by atomic mass is 32.1. The molecule has 79 heavy (non-hydrogen) atoms. The first-order chi connectivity index (χ1) is 37.7. The van der Waals surface area contributed by atoms with Crippen molar-refractivity contribution in [2.24, 2.45) is 0 Å². The fourth-order valence-corrected chi connectivity index (χ4v) is 14.4. The van der Waals surface area contributed by atoms with Crippen molar-refractivity contribution < 1.29 is 4.42 Å². The minimum Gasteiger partial charge on any atom is -0.468 e. The number of hydrogen-bond acceptors (Lipinski definition) is 5. The highest BCUT2D eigenvalue weighted by Gasteiger charge is 2.50. The maximum absolute atomic E-state index is 7.68. The van der Waals surface area contributed by atoms with Crippen LogP contribution < -0.4 is 31.3 Å². The number of furan rings is 1. The number of thiophene rings is 1. The van der Waals surface area contributed by atoms with Crippen molar-refractivity contribution >= 4 is 139 Å². The van der Waals surface area contributed by atoms with Gasteiger partial charge >= 0.3 is 0 Å². The predicted molar refractivity (Wildman–Crippen MR) is 341 cm³/mol. The zero-order chi connectivity index (χ0) is 54.4. The van der Waals surface area contributed by atoms with Crippen LogP contribution >= 0.6 is 11.3 Å². The van der Waals surface area contributed by atoms with Gasteiger partial charge in [0.2, 0.25) is 0 Å². The average molecular weight is 1050 g/mol. The summed E-state index contributed by atoms with van der Waals surface area (Å²) in [4.78, 5) is 7.77. The van der Waals surface area contributed by atoms with E-state index in [9.17, 15) is 0 Å². The summed E-state index contributed by atoms with van der Waals surface area (Å²) < 4.78 is 12.9. The Bertz CT molecular complexity index is 4510. The number of benzene rings is 9. The molecule has 12 aromatic rings. The number of anilines is 9. The van der Waals surface area contributed by atoms with Gasteiger partial charge in [0.25, 0.3) is 6.71 Å². The number of para-hydroxylation sites is 2. The van der Waals surface area contributed by atoms with E-state index < -0.39 is 0 Å². The predicted octanol–water partition coefficient (Wildman–Crippen LogP) is 19.0. The van der Waals surface area contributed by atoms with Gasteiger partial charge < -0.3 is 23.7 Å². The van der Waals surface area contributed by atoms with E-state index in [1.165, 1.54) is 92.2 Å². The van der Waals surface area contributed by atoms with E-state index in [1.54, 1.807) is 0 Å². The molecule has 0 radical (unpaired) electrons. The first-order valence-corrected chi connectivity index (χ1v) is 29.0. The van der Waals surface area contributed by atoms with Crippen LogP contribution in [0.5, 0.6) is 0 Å². The Hall–Kier alpha value is -8.00. The van der Waals surface area contributed by atoms with E-state index in [0.29, 0.717) is 0 Å². The summed E-state index contributed by atoms with van der Waals surface area (Å²) in [5, 5.41) is 6.20. The topological polar surface area (TPSA) is 27.8 Å². The fourth-order valence-electron chi connectivity index (χ4n) is 13.3. The number of fused-ring (bicyclic) bond motifs is 14. The van der Waals surface area contributed by atoms with Crippen LogP contribution in [0.25, 0.3) is 58.6 Å². The monoisotopic (exact) mass is 1040 g/mol. The van der Waals surface area contributed by atoms with Gasteiger partial charge in [0.15, 0.2) is 0 Å². The molecule has 3 aromatic heterocycles. The molecule has 15 rings (SSSR count). The molecule has 0 saturated heterocycles. The molecular weight excluding hydrogens is 980 g/mol. The summed E-state index contributed by atoms with van der Waals surface area (Å²) in [6.07, 6.45) is 0. The molecule has 3 aliphatic rings. The van der Waals surface area contributed by atoms with Gasteiger partial charge in [-0.25, -0.2) is 0 Å². The van der Waals surface area contributed by atoms with Gasteiger partial charge in [-0.15, -0.1) is 11.3 Å². The summed E-state index contributed by atoms with van der Waals surface area (Å²) in [6.45, 7) is 27.9. The van der Waals surface area contributed by atoms with Crippen LogP contribution in [0.15, 0.2) is 180 Å². The van der Waals surface area contributed by atoms with Gasteiger partial charge in [-0.3, -0.25) is 0 Å². The van der Waals surface area contributed by atoms with E-state index in [-0.39, 0.29) is 28.4 Å². The molecule has 5 nitrogen and oxygen atoms in total. The highest BCUT2D eigenvalue weighted by molar-refractivity contribution is 7.26. The van der Waals surface area contributed by atoms with Crippen LogP contribution in [0.1, 0.15) is 105 Å². The Morgan fingerprint density at radius 1 is 0.418 bits per heavy atom. The molecule has 0 bridgehead atoms. The van der Waals surface area contributed by atoms with Gasteiger partial charge in [0.1, 0.15) is 5.58 Å². The Kier molecular flexibility index (Phi) is 9.94. The smallest absolute Gasteiger partial charge is 0.297 e. The van der Waals surface area contributed by atoms with Crippen LogP contribution in [-0.4, -0.2) is 11.3 Å². The average Bonchev–Trinajstić information content (AvgIpc) is 3.23. The van der Waals surface area contributed by atoms with Crippen LogP contribution in [-0.2, 0) is 21.7 Å². The largest absolute Gasteiger partial charge is 0.468 e. The van der Waals surface area contributed by atoms with Crippen molar-refractivity contribution in [3.05, 3.63) is 198 Å². The summed E-state index contributed by atoms with van der Waals surface area (Å²) in [7, 11) is 0. The third kappa shape index (κ3) is 7.00. The summed E-state index contributed by atoms with van der Waals surface area (Å²) in [6, 6.07) is 67.1. The van der Waals surface area contributed by atoms with E-state index >= 15 is 0 Å². The lowest BCUT2D eigenvalue weighted by atomic mass is 9.35. The van der Waals surface area contributed by atoms with E-state index in [4.69, 9.17) is 4.42 Å². The second-order valence-corrected chi connectivity index (χ2v) is 27.8. The molecule has 0 unspecified atom stereocenters. The second kappa shape index (κ2) is 16.3. The molecule has 0 amide bonds. The van der Waals surface area contributed by atoms with Crippen molar-refractivity contribution in [2.75, 3.05) is 14.7 Å². The first-order valence-electron chi connectivity index (χ1n) is 28.2. The standard InChI is InChI=1S/C72H65BN4OS/c1-69(2,3)42-30-32-54-50(34-42)51-36-44(71(7,8)9)38-58-65(51)75(54)59-39-45(72(10,11)12)37-53-67(59)77(58)57-41-48(74(46-22-15-13-16-23-46)47-24-17-14-18-25-47)40-56-64(57)73(53)68-66(52-35-43(70(4,5)6)31-33-60(52)78-68)76(56)55-27-21-29-62-63(55)49-26-19-20-28-61(49)79-62/h13-41H,1-12H3. The van der Waals surface area contributed by atoms with Crippen LogP contribution in [0, 0.1) is 0 Å². The molecule has 9 aromatic carbocycles. The number of rotatable bonds is 4. The first kappa shape index (κ1) is 48.2. The zero-order valence-corrected chi connectivity index (χ0v) is 48.2. The van der Waals surface area contributed by atoms with Crippen LogP contribution in [0.3, 0.4) is 0 Å². The van der Waals surface area contributed by atoms with Crippen LogP contribution in [0.4, 0.5) is 51.2 Å². The van der Waals surface area contributed by atoms with Crippen molar-refractivity contribution in [1.82, 2.24) is 4.57 Å². The van der Waals surface area contributed by atoms with E-state index in [0.717, 1.165) is 56.4 Å². The van der Waals surface area contributed by atoms with Gasteiger partial charge in [0.05, 0.1) is 50.8 Å². The minimum atomic E-state index is -0.263. The van der Waals surface area contributed by atoms with Gasteiger partial charge in [0, 0.05) is 59.1 Å². The third-order valence-electron chi connectivity index (χ3n) is 17.4. The quantitative estimate of drug-likeness (QED) is 0.164. The minimum absolute atomic E-state index is 0.0340. The maximum atomic E-state index is 7.68. The fraction of sp³-hybridized carbons (Fsp3) is 0.222. The second-order valence-electron chi connectivity index (χ2n) is 26.7. The van der Waals surface area contributed by atoms with Gasteiger partial charge in [-0.05, 0) is 152 Å². The van der Waals surface area contributed by atoms with Gasteiger partial charge in [-0.2, -0.15) is 0 Å². The molecule has 6 heterocycles. The number of nitrogens with zero attached hydrogens (tertiary/aromatic N) is 4. The zero-order valence-electron chi connectivity index (χ0n) is 47.4. The molecule has 3 aliphatic heterocycles.